The number of hydrogen-bond acceptors (Lipinski definition) is 15. The molecule has 54 heavy (non-hydrogen) atoms. The van der Waals surface area contributed by atoms with Crippen molar-refractivity contribution >= 4 is 24.6 Å². The second kappa shape index (κ2) is 35.5. The van der Waals surface area contributed by atoms with Crippen molar-refractivity contribution in [3.8, 4) is 17.2 Å². The first kappa shape index (κ1) is 52.5. The maximum absolute atomic E-state index is 11.0. The number of hydrogen-bond donors (Lipinski definition) is 0. The van der Waals surface area contributed by atoms with E-state index in [9.17, 15) is 19.2 Å². The van der Waals surface area contributed by atoms with Gasteiger partial charge in [-0.2, -0.15) is 0 Å². The van der Waals surface area contributed by atoms with Gasteiger partial charge in [-0.1, -0.05) is 77.9 Å². The Balaban J connectivity index is -0.000000686. The predicted octanol–water partition coefficient (Wildman–Crippen LogP) is 9.30. The molecule has 0 radical (unpaired) electrons. The van der Waals surface area contributed by atoms with Gasteiger partial charge in [0.1, 0.15) is 43.7 Å². The van der Waals surface area contributed by atoms with Crippen molar-refractivity contribution < 1.29 is 71.3 Å². The van der Waals surface area contributed by atoms with Crippen LogP contribution in [0.15, 0.2) is 66.7 Å². The van der Waals surface area contributed by atoms with Gasteiger partial charge in [-0.15, -0.1) is 0 Å². The molecule has 0 aromatic heterocycles. The summed E-state index contributed by atoms with van der Waals surface area (Å²) in [7, 11) is 9.66. The van der Waals surface area contributed by atoms with Gasteiger partial charge < -0.3 is 52.1 Å². The number of para-hydroxylation sites is 1. The number of benzene rings is 3. The predicted molar refractivity (Wildman–Crippen MR) is 202 cm³/mol. The third kappa shape index (κ3) is 24.3. The van der Waals surface area contributed by atoms with Crippen LogP contribution in [-0.4, -0.2) is 74.4 Å². The largest absolute Gasteiger partial charge is 0.508 e. The molecule has 0 amide bonds. The van der Waals surface area contributed by atoms with E-state index in [1.54, 1.807) is 50.6 Å². The highest BCUT2D eigenvalue weighted by molar-refractivity contribution is 5.61. The van der Waals surface area contributed by atoms with Crippen LogP contribution in [-0.2, 0) is 64.3 Å². The van der Waals surface area contributed by atoms with Crippen LogP contribution >= 0.6 is 0 Å². The van der Waals surface area contributed by atoms with Crippen LogP contribution in [0.2, 0.25) is 0 Å². The van der Waals surface area contributed by atoms with Gasteiger partial charge in [0.2, 0.25) is 0 Å². The van der Waals surface area contributed by atoms with Crippen LogP contribution in [0.3, 0.4) is 0 Å². The first-order valence-corrected chi connectivity index (χ1v) is 16.9. The van der Waals surface area contributed by atoms with E-state index in [0.717, 1.165) is 16.9 Å². The molecule has 15 heteroatoms. The third-order valence-electron chi connectivity index (χ3n) is 5.77. The molecule has 0 aliphatic rings. The van der Waals surface area contributed by atoms with Crippen molar-refractivity contribution in [2.75, 3.05) is 49.8 Å². The van der Waals surface area contributed by atoms with Gasteiger partial charge in [-0.05, 0) is 41.5 Å². The fraction of sp³-hybridized carbons (Fsp3) is 0.436. The quantitative estimate of drug-likeness (QED) is 0.133. The Kier molecular flexibility index (Phi) is 34.6. The van der Waals surface area contributed by atoms with Crippen molar-refractivity contribution in [1.82, 2.24) is 0 Å². The van der Waals surface area contributed by atoms with Gasteiger partial charge in [0.15, 0.2) is 0 Å². The van der Waals surface area contributed by atoms with Gasteiger partial charge in [0.05, 0.1) is 49.8 Å². The molecule has 0 heterocycles. The lowest BCUT2D eigenvalue weighted by Gasteiger charge is -2.11. The first-order chi connectivity index (χ1) is 26.1. The molecular weight excluding hydrogens is 708 g/mol. The molecule has 304 valence electrons. The minimum absolute atomic E-state index is 0.0120. The highest BCUT2D eigenvalue weighted by Gasteiger charge is 2.10. The molecule has 0 atom stereocenters. The minimum Gasteiger partial charge on any atom is -0.497 e. The summed E-state index contributed by atoms with van der Waals surface area (Å²) in [5.41, 5.74) is 3.03. The Morgan fingerprint density at radius 1 is 0.407 bits per heavy atom. The maximum atomic E-state index is 11.0. The number of rotatable bonds is 11. The maximum Gasteiger partial charge on any atom is 0.508 e. The van der Waals surface area contributed by atoms with Gasteiger partial charge in [-0.25, -0.2) is 19.2 Å². The summed E-state index contributed by atoms with van der Waals surface area (Å²) in [6, 6.07) is 19.7. The summed E-state index contributed by atoms with van der Waals surface area (Å²) >= 11 is 0. The lowest BCUT2D eigenvalue weighted by Crippen LogP contribution is -2.07. The van der Waals surface area contributed by atoms with Crippen LogP contribution < -0.4 is 14.2 Å². The van der Waals surface area contributed by atoms with Crippen molar-refractivity contribution in [1.29, 1.82) is 0 Å². The number of methoxy groups -OCH3 is 7. The fourth-order valence-electron chi connectivity index (χ4n) is 3.37. The normalized spacial score (nSPS) is 8.69. The Labute approximate surface area is 319 Å². The summed E-state index contributed by atoms with van der Waals surface area (Å²) in [6.45, 7) is 12.4. The molecule has 0 fully saturated rings. The molecule has 0 spiro atoms. The molecule has 0 N–H and O–H groups in total. The van der Waals surface area contributed by atoms with Crippen LogP contribution in [0.1, 0.15) is 63.8 Å². The van der Waals surface area contributed by atoms with E-state index in [-0.39, 0.29) is 26.4 Å². The minimum atomic E-state index is -0.789. The smallest absolute Gasteiger partial charge is 0.497 e. The van der Waals surface area contributed by atoms with Crippen LogP contribution in [0.4, 0.5) is 19.2 Å². The zero-order valence-electron chi connectivity index (χ0n) is 33.8. The topological polar surface area (TPSA) is 170 Å². The SMILES string of the molecule is CC.CC.CC.COC(=O)OCc1ccc(OC)c(COC(=O)OC)c1.COC(=O)OCc1ccc(OC)cc1.COC(=O)OCc1ccccc1OC. The molecule has 3 aromatic rings. The Morgan fingerprint density at radius 2 is 0.778 bits per heavy atom. The Morgan fingerprint density at radius 3 is 1.20 bits per heavy atom. The fourth-order valence-corrected chi connectivity index (χ4v) is 3.37. The lowest BCUT2D eigenvalue weighted by atomic mass is 10.1. The van der Waals surface area contributed by atoms with Crippen molar-refractivity contribution in [2.24, 2.45) is 0 Å². The van der Waals surface area contributed by atoms with Crippen LogP contribution in [0.5, 0.6) is 17.2 Å². The zero-order valence-corrected chi connectivity index (χ0v) is 33.8. The summed E-state index contributed by atoms with van der Waals surface area (Å²) in [4.78, 5) is 43.2. The van der Waals surface area contributed by atoms with E-state index in [1.165, 1.54) is 35.5 Å². The molecule has 0 bridgehead atoms. The van der Waals surface area contributed by atoms with Gasteiger partial charge in [0.25, 0.3) is 0 Å². The summed E-state index contributed by atoms with van der Waals surface area (Å²) < 4.78 is 51.8. The molecule has 3 aromatic carbocycles. The van der Waals surface area contributed by atoms with Gasteiger partial charge in [0, 0.05) is 11.1 Å². The Bertz CT molecular complexity index is 1410. The molecule has 0 unspecified atom stereocenters. The van der Waals surface area contributed by atoms with Gasteiger partial charge in [-0.3, -0.25) is 0 Å². The van der Waals surface area contributed by atoms with E-state index < -0.39 is 24.6 Å². The lowest BCUT2D eigenvalue weighted by molar-refractivity contribution is 0.0648. The summed E-state index contributed by atoms with van der Waals surface area (Å²) in [6.07, 6.45) is -2.94. The molecule has 0 saturated heterocycles. The number of ether oxygens (including phenoxy) is 11. The molecule has 3 rings (SSSR count). The standard InChI is InChI=1S/C13H16O7.2C10H12O4.3C2H6/c1-16-11-5-4-9(7-19-12(14)17-2)6-10(11)8-20-13(15)18-3;1-12-9-5-3-8(4-6-9)7-14-10(11)13-2;1-12-9-6-4-3-5-8(9)7-14-10(11)13-2;3*1-2/h4-6H,7-8H2,1-3H3;2*3-6H,7H2,1-2H3;3*1-2H3. The van der Waals surface area contributed by atoms with Gasteiger partial charge >= 0.3 is 24.6 Å². The first-order valence-electron chi connectivity index (χ1n) is 16.9. The van der Waals surface area contributed by atoms with Crippen LogP contribution in [0.25, 0.3) is 0 Å². The van der Waals surface area contributed by atoms with E-state index in [2.05, 4.69) is 18.9 Å². The van der Waals surface area contributed by atoms with Crippen molar-refractivity contribution in [3.63, 3.8) is 0 Å². The molecule has 15 nitrogen and oxygen atoms in total. The summed E-state index contributed by atoms with van der Waals surface area (Å²) in [5, 5.41) is 0. The average Bonchev–Trinajstić information content (AvgIpc) is 3.25. The number of carbonyl (C=O) groups excluding carboxylic acids is 4. The van der Waals surface area contributed by atoms with Crippen LogP contribution in [0, 0.1) is 0 Å². The van der Waals surface area contributed by atoms with E-state index in [1.807, 2.05) is 71.9 Å². The summed E-state index contributed by atoms with van der Waals surface area (Å²) in [5.74, 6) is 2.01. The highest BCUT2D eigenvalue weighted by atomic mass is 16.7. The third-order valence-corrected chi connectivity index (χ3v) is 5.77. The average molecular weight is 767 g/mol. The number of carbonyl (C=O) groups is 4. The Hall–Kier alpha value is -5.86. The van der Waals surface area contributed by atoms with E-state index in [4.69, 9.17) is 33.2 Å². The molecular formula is C39H58O15. The molecule has 0 aliphatic carbocycles. The van der Waals surface area contributed by atoms with E-state index >= 15 is 0 Å². The highest BCUT2D eigenvalue weighted by Crippen LogP contribution is 2.22. The van der Waals surface area contributed by atoms with Crippen molar-refractivity contribution in [3.05, 3.63) is 89.0 Å². The second-order valence-corrected chi connectivity index (χ2v) is 8.78. The van der Waals surface area contributed by atoms with E-state index in [0.29, 0.717) is 22.6 Å². The molecule has 0 saturated carbocycles. The zero-order chi connectivity index (χ0) is 41.7. The van der Waals surface area contributed by atoms with Crippen molar-refractivity contribution in [2.45, 2.75) is 68.0 Å². The molecule has 0 aliphatic heterocycles. The second-order valence-electron chi connectivity index (χ2n) is 8.78. The monoisotopic (exact) mass is 766 g/mol.